The third-order valence-electron chi connectivity index (χ3n) is 6.14. The minimum absolute atomic E-state index is 0.0219. The van der Waals surface area contributed by atoms with Gasteiger partial charge in [0, 0.05) is 13.1 Å². The van der Waals surface area contributed by atoms with E-state index in [0.717, 1.165) is 16.8 Å². The van der Waals surface area contributed by atoms with Crippen molar-refractivity contribution in [2.24, 2.45) is 0 Å². The number of ether oxygens (including phenoxy) is 1. The molecule has 1 N–H and O–H groups in total. The van der Waals surface area contributed by atoms with Crippen LogP contribution in [0.1, 0.15) is 56.1 Å². The first-order chi connectivity index (χ1) is 17.8. The summed E-state index contributed by atoms with van der Waals surface area (Å²) in [5, 5.41) is 6.18. The van der Waals surface area contributed by atoms with Gasteiger partial charge in [0.2, 0.25) is 0 Å². The molecule has 4 rings (SSSR count). The van der Waals surface area contributed by atoms with Crippen molar-refractivity contribution in [3.63, 3.8) is 0 Å². The van der Waals surface area contributed by atoms with Gasteiger partial charge in [-0.25, -0.2) is 9.48 Å². The van der Waals surface area contributed by atoms with Gasteiger partial charge in [-0.1, -0.05) is 24.3 Å². The number of carbonyl (C=O) groups is 2. The van der Waals surface area contributed by atoms with Gasteiger partial charge in [0.15, 0.2) is 5.69 Å². The van der Waals surface area contributed by atoms with Crippen LogP contribution < -0.4 is 10.2 Å². The number of benzene rings is 2. The molecule has 1 atom stereocenters. The zero-order chi connectivity index (χ0) is 27.8. The summed E-state index contributed by atoms with van der Waals surface area (Å²) in [7, 11) is 1.22. The smallest absolute Gasteiger partial charge is 0.436 e. The first kappa shape index (κ1) is 27.0. The van der Waals surface area contributed by atoms with E-state index in [1.165, 1.54) is 36.3 Å². The van der Waals surface area contributed by atoms with Gasteiger partial charge in [-0.3, -0.25) is 4.79 Å². The highest BCUT2D eigenvalue weighted by atomic mass is 19.4. The Kier molecular flexibility index (Phi) is 7.13. The predicted molar refractivity (Wildman–Crippen MR) is 123 cm³/mol. The van der Waals surface area contributed by atoms with Gasteiger partial charge in [-0.2, -0.15) is 31.4 Å². The number of nitrogens with zero attached hydrogens (tertiary/aromatic N) is 3. The van der Waals surface area contributed by atoms with Crippen molar-refractivity contribution < 1.29 is 40.7 Å². The second kappa shape index (κ2) is 10.0. The van der Waals surface area contributed by atoms with Crippen LogP contribution in [-0.4, -0.2) is 35.3 Å². The fourth-order valence-electron chi connectivity index (χ4n) is 4.21. The maximum Gasteiger partial charge on any atom is 0.436 e. The number of fused-ring (bicyclic) bond motifs is 1. The Morgan fingerprint density at radius 1 is 0.974 bits per heavy atom. The van der Waals surface area contributed by atoms with E-state index < -0.39 is 47.1 Å². The van der Waals surface area contributed by atoms with Gasteiger partial charge < -0.3 is 15.0 Å². The number of halogens is 6. The fraction of sp³-hybridized carbons (Fsp3) is 0.320. The number of nitrogens with one attached hydrogen (secondary N) is 1. The van der Waals surface area contributed by atoms with E-state index >= 15 is 0 Å². The number of hydrogen-bond donors (Lipinski definition) is 1. The summed E-state index contributed by atoms with van der Waals surface area (Å²) in [5.41, 5.74) is -1.64. The van der Waals surface area contributed by atoms with Crippen molar-refractivity contribution in [3.8, 4) is 0 Å². The van der Waals surface area contributed by atoms with Crippen LogP contribution in [-0.2, 0) is 30.2 Å². The number of hydrogen-bond acceptors (Lipinski definition) is 5. The van der Waals surface area contributed by atoms with E-state index in [1.54, 1.807) is 19.1 Å². The molecule has 0 aliphatic carbocycles. The van der Waals surface area contributed by atoms with Crippen LogP contribution in [0.15, 0.2) is 48.5 Å². The number of carbonyl (C=O) groups excluding carboxylic acids is 2. The van der Waals surface area contributed by atoms with Gasteiger partial charge in [0.25, 0.3) is 5.91 Å². The van der Waals surface area contributed by atoms with Crippen LogP contribution in [0, 0.1) is 0 Å². The molecule has 2 heterocycles. The standard InChI is InChI=1S/C25H22F6N4O3/c1-14(16-5-7-17(8-6-16)23(37)38-2)32-21(36)19-20(25(29,30)31)33-35-12-11-34(22(19)35)13-15-3-9-18(10-4-15)24(26,27)28/h3-10,14H,11-13H2,1-2H3,(H,32,36). The minimum Gasteiger partial charge on any atom is -0.465 e. The molecule has 13 heteroatoms. The van der Waals surface area contributed by atoms with Crippen LogP contribution in [0.2, 0.25) is 0 Å². The Hall–Kier alpha value is -4.03. The van der Waals surface area contributed by atoms with E-state index in [1.807, 2.05) is 0 Å². The summed E-state index contributed by atoms with van der Waals surface area (Å²) in [4.78, 5) is 26.3. The predicted octanol–water partition coefficient (Wildman–Crippen LogP) is 5.22. The Labute approximate surface area is 213 Å². The normalized spacial score (nSPS) is 14.3. The maximum absolute atomic E-state index is 13.9. The number of methoxy groups -OCH3 is 1. The van der Waals surface area contributed by atoms with Crippen LogP contribution in [0.5, 0.6) is 0 Å². The van der Waals surface area contributed by atoms with E-state index in [-0.39, 0.29) is 31.0 Å². The molecule has 1 unspecified atom stereocenters. The second-order valence-electron chi connectivity index (χ2n) is 8.69. The third-order valence-corrected chi connectivity index (χ3v) is 6.14. The third kappa shape index (κ3) is 5.46. The van der Waals surface area contributed by atoms with Crippen LogP contribution in [0.25, 0.3) is 0 Å². The lowest BCUT2D eigenvalue weighted by Crippen LogP contribution is -2.31. The molecule has 0 fully saturated rings. The van der Waals surface area contributed by atoms with Crippen LogP contribution in [0.3, 0.4) is 0 Å². The molecule has 0 radical (unpaired) electrons. The van der Waals surface area contributed by atoms with Crippen molar-refractivity contribution in [2.75, 3.05) is 18.6 Å². The molecular weight excluding hydrogens is 518 g/mol. The van der Waals surface area contributed by atoms with Crippen molar-refractivity contribution >= 4 is 17.7 Å². The quantitative estimate of drug-likeness (QED) is 0.343. The summed E-state index contributed by atoms with van der Waals surface area (Å²) < 4.78 is 85.9. The lowest BCUT2D eigenvalue weighted by Gasteiger charge is -2.21. The van der Waals surface area contributed by atoms with Crippen molar-refractivity contribution in [1.82, 2.24) is 15.1 Å². The highest BCUT2D eigenvalue weighted by Gasteiger charge is 2.44. The number of esters is 1. The van der Waals surface area contributed by atoms with E-state index in [9.17, 15) is 35.9 Å². The summed E-state index contributed by atoms with van der Waals surface area (Å²) in [6, 6.07) is 9.56. The zero-order valence-corrected chi connectivity index (χ0v) is 20.2. The van der Waals surface area contributed by atoms with Gasteiger partial charge in [-0.15, -0.1) is 0 Å². The highest BCUT2D eigenvalue weighted by Crippen LogP contribution is 2.39. The van der Waals surface area contributed by atoms with Crippen molar-refractivity contribution in [3.05, 3.63) is 82.0 Å². The molecule has 38 heavy (non-hydrogen) atoms. The molecule has 202 valence electrons. The average molecular weight is 540 g/mol. The zero-order valence-electron chi connectivity index (χ0n) is 20.2. The lowest BCUT2D eigenvalue weighted by molar-refractivity contribution is -0.142. The number of anilines is 1. The van der Waals surface area contributed by atoms with Gasteiger partial charge in [0.05, 0.1) is 30.8 Å². The molecule has 0 bridgehead atoms. The van der Waals surface area contributed by atoms with Gasteiger partial charge in [-0.05, 0) is 42.3 Å². The summed E-state index contributed by atoms with van der Waals surface area (Å²) >= 11 is 0. The molecular formula is C25H22F6N4O3. The van der Waals surface area contributed by atoms with Crippen molar-refractivity contribution in [1.29, 1.82) is 0 Å². The SMILES string of the molecule is COC(=O)c1ccc(C(C)NC(=O)c2c(C(F)(F)F)nn3c2N(Cc2ccc(C(F)(F)F)cc2)CC3)cc1. The van der Waals surface area contributed by atoms with Crippen LogP contribution in [0.4, 0.5) is 32.2 Å². The molecule has 1 aliphatic rings. The molecule has 0 spiro atoms. The first-order valence-corrected chi connectivity index (χ1v) is 11.4. The maximum atomic E-state index is 13.9. The largest absolute Gasteiger partial charge is 0.465 e. The number of alkyl halides is 6. The fourth-order valence-corrected chi connectivity index (χ4v) is 4.21. The van der Waals surface area contributed by atoms with Gasteiger partial charge >= 0.3 is 18.3 Å². The molecule has 0 saturated carbocycles. The summed E-state index contributed by atoms with van der Waals surface area (Å²) in [5.74, 6) is -1.64. The molecule has 0 saturated heterocycles. The monoisotopic (exact) mass is 540 g/mol. The Morgan fingerprint density at radius 2 is 1.61 bits per heavy atom. The average Bonchev–Trinajstić information content (AvgIpc) is 3.43. The molecule has 7 nitrogen and oxygen atoms in total. The van der Waals surface area contributed by atoms with Crippen molar-refractivity contribution in [2.45, 2.75) is 38.4 Å². The Bertz CT molecular complexity index is 1330. The summed E-state index contributed by atoms with van der Waals surface area (Å²) in [6.45, 7) is 1.83. The Morgan fingerprint density at radius 3 is 2.16 bits per heavy atom. The van der Waals surface area contributed by atoms with E-state index in [2.05, 4.69) is 15.2 Å². The van der Waals surface area contributed by atoms with Crippen LogP contribution >= 0.6 is 0 Å². The number of rotatable bonds is 6. The molecule has 3 aromatic rings. The molecule has 2 aromatic carbocycles. The van der Waals surface area contributed by atoms with E-state index in [0.29, 0.717) is 11.1 Å². The molecule has 1 amide bonds. The highest BCUT2D eigenvalue weighted by molar-refractivity contribution is 6.01. The molecule has 1 aromatic heterocycles. The number of amides is 1. The minimum atomic E-state index is -4.92. The topological polar surface area (TPSA) is 76.5 Å². The Balaban J connectivity index is 1.61. The first-order valence-electron chi connectivity index (χ1n) is 11.4. The molecule has 1 aliphatic heterocycles. The van der Waals surface area contributed by atoms with Gasteiger partial charge in [0.1, 0.15) is 11.4 Å². The lowest BCUT2D eigenvalue weighted by atomic mass is 10.1. The van der Waals surface area contributed by atoms with E-state index in [4.69, 9.17) is 0 Å². The number of aromatic nitrogens is 2. The second-order valence-corrected chi connectivity index (χ2v) is 8.69. The summed E-state index contributed by atoms with van der Waals surface area (Å²) in [6.07, 6.45) is -9.44.